The first-order valence-corrected chi connectivity index (χ1v) is 8.38. The lowest BCUT2D eigenvalue weighted by Gasteiger charge is -2.15. The number of aryl methyl sites for hydroxylation is 1. The highest BCUT2D eigenvalue weighted by molar-refractivity contribution is 5.99. The van der Waals surface area contributed by atoms with Crippen LogP contribution in [0.1, 0.15) is 28.0 Å². The van der Waals surface area contributed by atoms with Crippen LogP contribution < -0.4 is 0 Å². The Kier molecular flexibility index (Phi) is 5.05. The van der Waals surface area contributed by atoms with Gasteiger partial charge in [0, 0.05) is 19.2 Å². The van der Waals surface area contributed by atoms with Gasteiger partial charge in [0.15, 0.2) is 11.3 Å². The van der Waals surface area contributed by atoms with Gasteiger partial charge in [0.1, 0.15) is 5.56 Å². The Morgan fingerprint density at radius 1 is 1.29 bits per heavy atom. The molecular weight excluding hydrogens is 371 g/mol. The third kappa shape index (κ3) is 3.67. The molecule has 0 fully saturated rings. The van der Waals surface area contributed by atoms with Gasteiger partial charge in [0.2, 0.25) is 0 Å². The molecule has 0 bridgehead atoms. The predicted molar refractivity (Wildman–Crippen MR) is 95.4 cm³/mol. The van der Waals surface area contributed by atoms with E-state index in [0.29, 0.717) is 10.1 Å². The molecule has 0 saturated carbocycles. The van der Waals surface area contributed by atoms with Crippen LogP contribution in [0.2, 0.25) is 0 Å². The quantitative estimate of drug-likeness (QED) is 0.684. The Morgan fingerprint density at radius 2 is 1.96 bits per heavy atom. The van der Waals surface area contributed by atoms with Crippen LogP contribution in [0.3, 0.4) is 0 Å². The predicted octanol–water partition coefficient (Wildman–Crippen LogP) is 3.71. The number of hydrogen-bond donors (Lipinski definition) is 0. The molecule has 0 radical (unpaired) electrons. The second kappa shape index (κ2) is 7.31. The number of hydrogen-bond acceptors (Lipinski definition) is 4. The first-order chi connectivity index (χ1) is 13.2. The number of nitrogens with zero attached hydrogens (tertiary/aromatic N) is 5. The zero-order valence-corrected chi connectivity index (χ0v) is 15.2. The standard InChI is InChI=1S/C19H16F3N5O/c1-12-4-6-13(7-5-12)15-10-16(19(20,21)22)27-17(25-15)14(11-24-27)18(28)26(2)9-3-8-23/h4-7,10-11H,3,9H2,1-2H3. The topological polar surface area (TPSA) is 74.3 Å². The van der Waals surface area contributed by atoms with Crippen LogP contribution in [0, 0.1) is 18.3 Å². The summed E-state index contributed by atoms with van der Waals surface area (Å²) >= 11 is 0. The van der Waals surface area contributed by atoms with Crippen molar-refractivity contribution < 1.29 is 18.0 Å². The summed E-state index contributed by atoms with van der Waals surface area (Å²) in [5.74, 6) is -0.549. The average molecular weight is 387 g/mol. The number of fused-ring (bicyclic) bond motifs is 1. The fourth-order valence-electron chi connectivity index (χ4n) is 2.71. The molecule has 6 nitrogen and oxygen atoms in total. The zero-order valence-electron chi connectivity index (χ0n) is 15.2. The first kappa shape index (κ1) is 19.4. The van der Waals surface area contributed by atoms with Gasteiger partial charge < -0.3 is 4.90 Å². The van der Waals surface area contributed by atoms with Crippen LogP contribution >= 0.6 is 0 Å². The molecule has 144 valence electrons. The summed E-state index contributed by atoms with van der Waals surface area (Å²) in [5.41, 5.74) is 0.288. The Balaban J connectivity index is 2.18. The smallest absolute Gasteiger partial charge is 0.341 e. The minimum atomic E-state index is -4.68. The Labute approximate surface area is 158 Å². The maximum absolute atomic E-state index is 13.6. The second-order valence-corrected chi connectivity index (χ2v) is 6.32. The molecule has 0 aliphatic carbocycles. The molecule has 1 amide bonds. The van der Waals surface area contributed by atoms with Gasteiger partial charge in [0.05, 0.1) is 24.4 Å². The number of nitriles is 1. The number of aromatic nitrogens is 3. The summed E-state index contributed by atoms with van der Waals surface area (Å²) < 4.78 is 41.4. The molecule has 0 aliphatic rings. The SMILES string of the molecule is Cc1ccc(-c2cc(C(F)(F)F)n3ncc(C(=O)N(C)CCC#N)c3n2)cc1. The van der Waals surface area contributed by atoms with Crippen molar-refractivity contribution in [3.8, 4) is 17.3 Å². The van der Waals surface area contributed by atoms with Gasteiger partial charge in [-0.1, -0.05) is 29.8 Å². The molecule has 0 N–H and O–H groups in total. The lowest BCUT2D eigenvalue weighted by Crippen LogP contribution is -2.27. The van der Waals surface area contributed by atoms with Gasteiger partial charge in [-0.2, -0.15) is 23.5 Å². The van der Waals surface area contributed by atoms with Gasteiger partial charge in [-0.15, -0.1) is 0 Å². The zero-order chi connectivity index (χ0) is 20.5. The molecule has 9 heteroatoms. The number of amides is 1. The maximum Gasteiger partial charge on any atom is 0.433 e. The number of halogens is 3. The van der Waals surface area contributed by atoms with Gasteiger partial charge >= 0.3 is 6.18 Å². The summed E-state index contributed by atoms with van der Waals surface area (Å²) in [7, 11) is 1.47. The van der Waals surface area contributed by atoms with Crippen LogP contribution in [0.4, 0.5) is 13.2 Å². The van der Waals surface area contributed by atoms with Crippen molar-refractivity contribution in [3.63, 3.8) is 0 Å². The minimum absolute atomic E-state index is 0.0556. The van der Waals surface area contributed by atoms with E-state index in [2.05, 4.69) is 10.1 Å². The molecule has 2 heterocycles. The number of alkyl halides is 3. The Morgan fingerprint density at radius 3 is 2.57 bits per heavy atom. The van der Waals surface area contributed by atoms with Crippen LogP contribution in [0.15, 0.2) is 36.5 Å². The van der Waals surface area contributed by atoms with E-state index >= 15 is 0 Å². The Hall–Kier alpha value is -3.41. The third-order valence-corrected chi connectivity index (χ3v) is 4.25. The van der Waals surface area contributed by atoms with Crippen molar-refractivity contribution >= 4 is 11.6 Å². The number of benzene rings is 1. The van der Waals surface area contributed by atoms with E-state index < -0.39 is 17.8 Å². The molecule has 28 heavy (non-hydrogen) atoms. The lowest BCUT2D eigenvalue weighted by molar-refractivity contribution is -0.142. The van der Waals surface area contributed by atoms with E-state index in [0.717, 1.165) is 17.8 Å². The van der Waals surface area contributed by atoms with Crippen LogP contribution in [-0.4, -0.2) is 39.0 Å². The highest BCUT2D eigenvalue weighted by atomic mass is 19.4. The molecule has 0 atom stereocenters. The highest BCUT2D eigenvalue weighted by Crippen LogP contribution is 2.33. The minimum Gasteiger partial charge on any atom is -0.341 e. The van der Waals surface area contributed by atoms with E-state index in [1.807, 2.05) is 13.0 Å². The number of rotatable bonds is 4. The van der Waals surface area contributed by atoms with Crippen molar-refractivity contribution in [2.75, 3.05) is 13.6 Å². The van der Waals surface area contributed by atoms with Crippen molar-refractivity contribution in [1.82, 2.24) is 19.5 Å². The number of carbonyl (C=O) groups excluding carboxylic acids is 1. The van der Waals surface area contributed by atoms with Crippen LogP contribution in [-0.2, 0) is 6.18 Å². The van der Waals surface area contributed by atoms with Gasteiger partial charge in [-0.05, 0) is 13.0 Å². The lowest BCUT2D eigenvalue weighted by atomic mass is 10.1. The third-order valence-electron chi connectivity index (χ3n) is 4.25. The summed E-state index contributed by atoms with van der Waals surface area (Å²) in [5, 5.41) is 12.4. The molecule has 0 spiro atoms. The molecule has 2 aromatic heterocycles. The van der Waals surface area contributed by atoms with E-state index in [4.69, 9.17) is 5.26 Å². The average Bonchev–Trinajstić information content (AvgIpc) is 3.08. The molecule has 1 aromatic carbocycles. The highest BCUT2D eigenvalue weighted by Gasteiger charge is 2.36. The van der Waals surface area contributed by atoms with Gasteiger partial charge in [-0.3, -0.25) is 4.79 Å². The first-order valence-electron chi connectivity index (χ1n) is 8.38. The molecule has 3 aromatic rings. The molecule has 3 rings (SSSR count). The summed E-state index contributed by atoms with van der Waals surface area (Å²) in [6, 6.07) is 9.72. The molecule has 0 saturated heterocycles. The van der Waals surface area contributed by atoms with E-state index in [-0.39, 0.29) is 29.9 Å². The van der Waals surface area contributed by atoms with Crippen LogP contribution in [0.5, 0.6) is 0 Å². The van der Waals surface area contributed by atoms with Crippen molar-refractivity contribution in [2.45, 2.75) is 19.5 Å². The second-order valence-electron chi connectivity index (χ2n) is 6.32. The number of carbonyl (C=O) groups is 1. The Bertz CT molecular complexity index is 1060. The van der Waals surface area contributed by atoms with Crippen LogP contribution in [0.25, 0.3) is 16.9 Å². The summed E-state index contributed by atoms with van der Waals surface area (Å²) in [6.07, 6.45) is -3.50. The van der Waals surface area contributed by atoms with E-state index in [1.165, 1.54) is 11.9 Å². The molecule has 0 aliphatic heterocycles. The van der Waals surface area contributed by atoms with E-state index in [1.54, 1.807) is 24.3 Å². The fourth-order valence-corrected chi connectivity index (χ4v) is 2.71. The normalized spacial score (nSPS) is 11.4. The monoisotopic (exact) mass is 387 g/mol. The molecular formula is C19H16F3N5O. The summed E-state index contributed by atoms with van der Waals surface area (Å²) in [4.78, 5) is 18.2. The summed E-state index contributed by atoms with van der Waals surface area (Å²) in [6.45, 7) is 2.02. The van der Waals surface area contributed by atoms with E-state index in [9.17, 15) is 18.0 Å². The van der Waals surface area contributed by atoms with Crippen molar-refractivity contribution in [1.29, 1.82) is 5.26 Å². The van der Waals surface area contributed by atoms with Crippen molar-refractivity contribution in [2.24, 2.45) is 0 Å². The van der Waals surface area contributed by atoms with Gasteiger partial charge in [0.25, 0.3) is 5.91 Å². The largest absolute Gasteiger partial charge is 0.433 e. The fraction of sp³-hybridized carbons (Fsp3) is 0.263. The maximum atomic E-state index is 13.6. The van der Waals surface area contributed by atoms with Crippen molar-refractivity contribution in [3.05, 3.63) is 53.3 Å². The molecule has 0 unspecified atom stereocenters. The van der Waals surface area contributed by atoms with Gasteiger partial charge in [-0.25, -0.2) is 9.50 Å².